The van der Waals surface area contributed by atoms with Crippen LogP contribution in [0.4, 0.5) is 0 Å². The van der Waals surface area contributed by atoms with E-state index in [2.05, 4.69) is 45.1 Å². The van der Waals surface area contributed by atoms with Crippen molar-refractivity contribution in [1.82, 2.24) is 0 Å². The quantitative estimate of drug-likeness (QED) is 0.0261. The minimum absolute atomic E-state index is 0.0693. The summed E-state index contributed by atoms with van der Waals surface area (Å²) in [5.74, 6) is -0.859. The highest BCUT2D eigenvalue weighted by molar-refractivity contribution is 5.71. The molecule has 0 N–H and O–H groups in total. The number of carbonyl (C=O) groups excluding carboxylic acids is 3. The summed E-state index contributed by atoms with van der Waals surface area (Å²) < 4.78 is 16.9. The zero-order valence-corrected chi connectivity index (χ0v) is 48.0. The van der Waals surface area contributed by atoms with Gasteiger partial charge in [0.25, 0.3) is 0 Å². The fourth-order valence-corrected chi connectivity index (χ4v) is 9.65. The summed E-state index contributed by atoms with van der Waals surface area (Å²) in [5, 5.41) is 0. The topological polar surface area (TPSA) is 78.9 Å². The number of esters is 3. The average molecular weight is 1000 g/mol. The zero-order chi connectivity index (χ0) is 51.4. The van der Waals surface area contributed by atoms with Crippen LogP contribution in [0.1, 0.15) is 355 Å². The molecule has 6 nitrogen and oxygen atoms in total. The Balaban J connectivity index is 4.09. The second kappa shape index (κ2) is 60.4. The molecule has 0 radical (unpaired) electrons. The number of rotatable bonds is 59. The van der Waals surface area contributed by atoms with Crippen molar-refractivity contribution in [3.63, 3.8) is 0 Å². The summed E-state index contributed by atoms with van der Waals surface area (Å²) in [6, 6.07) is 0. The molecule has 0 heterocycles. The van der Waals surface area contributed by atoms with Gasteiger partial charge in [-0.2, -0.15) is 0 Å². The van der Waals surface area contributed by atoms with E-state index >= 15 is 0 Å². The van der Waals surface area contributed by atoms with Crippen LogP contribution in [0.25, 0.3) is 0 Å². The molecule has 418 valence electrons. The highest BCUT2D eigenvalue weighted by Crippen LogP contribution is 2.18. The Hall–Kier alpha value is -2.11. The molecule has 0 aliphatic heterocycles. The van der Waals surface area contributed by atoms with Gasteiger partial charge in [-0.05, 0) is 51.4 Å². The molecule has 0 aromatic carbocycles. The molecule has 0 aromatic rings. The third-order valence-corrected chi connectivity index (χ3v) is 14.5. The van der Waals surface area contributed by atoms with Gasteiger partial charge < -0.3 is 14.2 Å². The van der Waals surface area contributed by atoms with Crippen LogP contribution < -0.4 is 0 Å². The molecule has 1 unspecified atom stereocenters. The van der Waals surface area contributed by atoms with Crippen LogP contribution in [0.15, 0.2) is 24.3 Å². The molecule has 71 heavy (non-hydrogen) atoms. The molecule has 0 fully saturated rings. The van der Waals surface area contributed by atoms with E-state index < -0.39 is 6.10 Å². The zero-order valence-electron chi connectivity index (χ0n) is 48.0. The summed E-state index contributed by atoms with van der Waals surface area (Å²) in [6.07, 6.45) is 72.1. The van der Waals surface area contributed by atoms with E-state index in [9.17, 15) is 14.4 Å². The molecule has 0 bridgehead atoms. The van der Waals surface area contributed by atoms with Crippen LogP contribution in [-0.4, -0.2) is 37.2 Å². The third kappa shape index (κ3) is 58.7. The van der Waals surface area contributed by atoms with Crippen LogP contribution in [-0.2, 0) is 28.6 Å². The van der Waals surface area contributed by atoms with E-state index in [0.29, 0.717) is 19.3 Å². The molecule has 1 atom stereocenters. The van der Waals surface area contributed by atoms with Crippen molar-refractivity contribution in [3.8, 4) is 0 Å². The first kappa shape index (κ1) is 68.9. The van der Waals surface area contributed by atoms with Gasteiger partial charge in [0.05, 0.1) is 0 Å². The Bertz CT molecular complexity index is 1150. The van der Waals surface area contributed by atoms with Crippen molar-refractivity contribution < 1.29 is 28.6 Å². The highest BCUT2D eigenvalue weighted by Gasteiger charge is 2.19. The first-order valence-corrected chi connectivity index (χ1v) is 31.8. The number of allylic oxidation sites excluding steroid dienone is 4. The molecule has 0 aliphatic carbocycles. The highest BCUT2D eigenvalue weighted by atomic mass is 16.6. The fraction of sp³-hybridized carbons (Fsp3) is 0.892. The molecular formula is C65H122O6. The Labute approximate surface area is 443 Å². The van der Waals surface area contributed by atoms with Crippen molar-refractivity contribution in [2.24, 2.45) is 0 Å². The summed E-state index contributed by atoms with van der Waals surface area (Å²) in [7, 11) is 0. The largest absolute Gasteiger partial charge is 0.462 e. The van der Waals surface area contributed by atoms with Crippen molar-refractivity contribution in [1.29, 1.82) is 0 Å². The minimum Gasteiger partial charge on any atom is -0.462 e. The van der Waals surface area contributed by atoms with E-state index in [-0.39, 0.29) is 31.1 Å². The normalized spacial score (nSPS) is 12.1. The Morgan fingerprint density at radius 2 is 0.507 bits per heavy atom. The average Bonchev–Trinajstić information content (AvgIpc) is 3.37. The second-order valence-corrected chi connectivity index (χ2v) is 21.7. The minimum atomic E-state index is -0.770. The molecule has 0 spiro atoms. The van der Waals surface area contributed by atoms with Gasteiger partial charge in [-0.15, -0.1) is 0 Å². The second-order valence-electron chi connectivity index (χ2n) is 21.7. The van der Waals surface area contributed by atoms with Gasteiger partial charge >= 0.3 is 17.9 Å². The van der Waals surface area contributed by atoms with Gasteiger partial charge in [0.1, 0.15) is 13.2 Å². The van der Waals surface area contributed by atoms with E-state index in [4.69, 9.17) is 14.2 Å². The maximum absolute atomic E-state index is 12.8. The van der Waals surface area contributed by atoms with Gasteiger partial charge in [-0.3, -0.25) is 14.4 Å². The first-order valence-electron chi connectivity index (χ1n) is 31.8. The fourth-order valence-electron chi connectivity index (χ4n) is 9.65. The summed E-state index contributed by atoms with van der Waals surface area (Å²) in [4.78, 5) is 38.1. The van der Waals surface area contributed by atoms with Crippen molar-refractivity contribution in [2.45, 2.75) is 361 Å². The summed E-state index contributed by atoms with van der Waals surface area (Å²) >= 11 is 0. The number of hydrogen-bond donors (Lipinski definition) is 0. The number of ether oxygens (including phenoxy) is 3. The van der Waals surface area contributed by atoms with Crippen LogP contribution in [0.3, 0.4) is 0 Å². The lowest BCUT2D eigenvalue weighted by atomic mass is 10.0. The first-order chi connectivity index (χ1) is 35.0. The third-order valence-electron chi connectivity index (χ3n) is 14.5. The van der Waals surface area contributed by atoms with E-state index in [0.717, 1.165) is 70.6 Å². The van der Waals surface area contributed by atoms with Gasteiger partial charge in [0.15, 0.2) is 6.10 Å². The predicted octanol–water partition coefficient (Wildman–Crippen LogP) is 21.4. The van der Waals surface area contributed by atoms with Crippen molar-refractivity contribution >= 4 is 17.9 Å². The molecule has 0 aliphatic rings. The van der Waals surface area contributed by atoms with Gasteiger partial charge in [-0.1, -0.05) is 308 Å². The van der Waals surface area contributed by atoms with E-state index in [1.165, 1.54) is 244 Å². The van der Waals surface area contributed by atoms with Gasteiger partial charge in [0.2, 0.25) is 0 Å². The van der Waals surface area contributed by atoms with Crippen LogP contribution >= 0.6 is 0 Å². The Morgan fingerprint density at radius 1 is 0.282 bits per heavy atom. The molecule has 0 aromatic heterocycles. The predicted molar refractivity (Wildman–Crippen MR) is 307 cm³/mol. The van der Waals surface area contributed by atoms with Crippen LogP contribution in [0.2, 0.25) is 0 Å². The van der Waals surface area contributed by atoms with Crippen molar-refractivity contribution in [2.75, 3.05) is 13.2 Å². The number of unbranched alkanes of at least 4 members (excludes halogenated alkanes) is 44. The monoisotopic (exact) mass is 999 g/mol. The van der Waals surface area contributed by atoms with Crippen molar-refractivity contribution in [3.05, 3.63) is 24.3 Å². The lowest BCUT2D eigenvalue weighted by molar-refractivity contribution is -0.167. The maximum Gasteiger partial charge on any atom is 0.306 e. The molecule has 0 rings (SSSR count). The Kier molecular flexibility index (Phi) is 58.6. The van der Waals surface area contributed by atoms with Gasteiger partial charge in [0, 0.05) is 19.3 Å². The molecule has 0 amide bonds. The Morgan fingerprint density at radius 3 is 0.789 bits per heavy atom. The summed E-state index contributed by atoms with van der Waals surface area (Å²) in [5.41, 5.74) is 0. The van der Waals surface area contributed by atoms with Crippen LogP contribution in [0, 0.1) is 0 Å². The molecular weight excluding hydrogens is 877 g/mol. The lowest BCUT2D eigenvalue weighted by Gasteiger charge is -2.18. The molecule has 0 saturated carbocycles. The van der Waals surface area contributed by atoms with Crippen LogP contribution in [0.5, 0.6) is 0 Å². The number of carbonyl (C=O) groups is 3. The van der Waals surface area contributed by atoms with E-state index in [1.54, 1.807) is 0 Å². The smallest absolute Gasteiger partial charge is 0.306 e. The SMILES string of the molecule is CCCCCC/C=C\C/C=C\CCCCCCCCCC(=O)OC(COC(=O)CCCCCCCCCC)COC(=O)CCCCCCCCCCCCCCCCCCCCCCCCCCCCC. The van der Waals surface area contributed by atoms with Gasteiger partial charge in [-0.25, -0.2) is 0 Å². The lowest BCUT2D eigenvalue weighted by Crippen LogP contribution is -2.30. The summed E-state index contributed by atoms with van der Waals surface area (Å²) in [6.45, 7) is 6.65. The standard InChI is InChI=1S/C65H122O6/c1-4-7-10-13-16-19-21-23-25-27-29-30-31-32-33-34-35-36-37-39-40-42-44-46-49-52-55-58-64(67)70-61-62(60-69-63(66)57-54-51-48-18-15-12-9-6-3)71-65(68)59-56-53-50-47-45-43-41-38-28-26-24-22-20-17-14-11-8-5-2/h20,22,26,28,62H,4-19,21,23-25,27,29-61H2,1-3H3/b22-20-,28-26-. The maximum atomic E-state index is 12.8. The number of hydrogen-bond acceptors (Lipinski definition) is 6. The molecule has 0 saturated heterocycles. The van der Waals surface area contributed by atoms with E-state index in [1.807, 2.05) is 0 Å². The molecule has 6 heteroatoms.